The summed E-state index contributed by atoms with van der Waals surface area (Å²) < 4.78 is 5.46. The molecule has 1 aliphatic heterocycles. The maximum atomic E-state index is 11.9. The summed E-state index contributed by atoms with van der Waals surface area (Å²) in [6.07, 6.45) is 3.09. The second-order valence-corrected chi connectivity index (χ2v) is 4.71. The van der Waals surface area contributed by atoms with Crippen molar-refractivity contribution in [3.63, 3.8) is 0 Å². The second-order valence-electron chi connectivity index (χ2n) is 4.71. The molecular weight excluding hydrogens is 262 g/mol. The van der Waals surface area contributed by atoms with E-state index in [1.807, 2.05) is 0 Å². The van der Waals surface area contributed by atoms with Crippen LogP contribution in [0.1, 0.15) is 29.6 Å². The van der Waals surface area contributed by atoms with E-state index in [9.17, 15) is 14.9 Å². The number of anilines is 1. The highest BCUT2D eigenvalue weighted by molar-refractivity contribution is 5.95. The maximum absolute atomic E-state index is 11.9. The molecule has 0 spiro atoms. The van der Waals surface area contributed by atoms with Gasteiger partial charge in [0.15, 0.2) is 0 Å². The van der Waals surface area contributed by atoms with Crippen molar-refractivity contribution in [2.45, 2.75) is 25.4 Å². The maximum Gasteiger partial charge on any atom is 0.292 e. The molecule has 0 radical (unpaired) electrons. The van der Waals surface area contributed by atoms with E-state index in [-0.39, 0.29) is 23.4 Å². The van der Waals surface area contributed by atoms with E-state index in [1.165, 1.54) is 18.2 Å². The number of rotatable bonds is 5. The zero-order chi connectivity index (χ0) is 14.5. The van der Waals surface area contributed by atoms with Crippen molar-refractivity contribution in [3.8, 4) is 0 Å². The Kier molecular flexibility index (Phi) is 4.52. The lowest BCUT2D eigenvalue weighted by atomic mass is 10.1. The highest BCUT2D eigenvalue weighted by Crippen LogP contribution is 2.22. The normalized spacial score (nSPS) is 17.9. The molecule has 1 aromatic rings. The lowest BCUT2D eigenvalue weighted by Gasteiger charge is -2.10. The smallest absolute Gasteiger partial charge is 0.292 e. The number of nitrogens with zero attached hydrogens (tertiary/aromatic N) is 1. The summed E-state index contributed by atoms with van der Waals surface area (Å²) in [5.41, 5.74) is 5.66. The van der Waals surface area contributed by atoms with Crippen LogP contribution in [0.2, 0.25) is 0 Å². The van der Waals surface area contributed by atoms with Crippen molar-refractivity contribution in [1.29, 1.82) is 0 Å². The SMILES string of the molecule is Nc1cc(C(=O)NCCC2CCCO2)ccc1[N+](=O)[O-]. The minimum absolute atomic E-state index is 0.0122. The van der Waals surface area contributed by atoms with E-state index in [0.29, 0.717) is 12.1 Å². The third kappa shape index (κ3) is 3.45. The number of nitro groups is 1. The molecule has 1 fully saturated rings. The first-order valence-electron chi connectivity index (χ1n) is 6.51. The second kappa shape index (κ2) is 6.33. The molecule has 108 valence electrons. The summed E-state index contributed by atoms with van der Waals surface area (Å²) in [4.78, 5) is 21.9. The highest BCUT2D eigenvalue weighted by Gasteiger charge is 2.17. The van der Waals surface area contributed by atoms with Gasteiger partial charge in [-0.25, -0.2) is 0 Å². The van der Waals surface area contributed by atoms with Gasteiger partial charge < -0.3 is 15.8 Å². The van der Waals surface area contributed by atoms with Crippen LogP contribution in [0.4, 0.5) is 11.4 Å². The summed E-state index contributed by atoms with van der Waals surface area (Å²) in [7, 11) is 0. The molecule has 1 unspecified atom stereocenters. The van der Waals surface area contributed by atoms with Gasteiger partial charge in [-0.3, -0.25) is 14.9 Å². The summed E-state index contributed by atoms with van der Waals surface area (Å²) in [6.45, 7) is 1.30. The van der Waals surface area contributed by atoms with Crippen LogP contribution in [0.25, 0.3) is 0 Å². The molecule has 1 saturated heterocycles. The number of hydrogen-bond acceptors (Lipinski definition) is 5. The van der Waals surface area contributed by atoms with E-state index in [4.69, 9.17) is 10.5 Å². The van der Waals surface area contributed by atoms with Gasteiger partial charge in [-0.2, -0.15) is 0 Å². The minimum Gasteiger partial charge on any atom is -0.393 e. The molecule has 1 heterocycles. The molecule has 0 bridgehead atoms. The zero-order valence-electron chi connectivity index (χ0n) is 11.0. The van der Waals surface area contributed by atoms with Crippen molar-refractivity contribution in [2.24, 2.45) is 0 Å². The van der Waals surface area contributed by atoms with Gasteiger partial charge in [0.1, 0.15) is 5.69 Å². The van der Waals surface area contributed by atoms with Crippen molar-refractivity contribution in [1.82, 2.24) is 5.32 Å². The van der Waals surface area contributed by atoms with Gasteiger partial charge >= 0.3 is 0 Å². The van der Waals surface area contributed by atoms with Gasteiger partial charge in [-0.05, 0) is 31.4 Å². The van der Waals surface area contributed by atoms with Crippen molar-refractivity contribution < 1.29 is 14.5 Å². The topological polar surface area (TPSA) is 107 Å². The Morgan fingerprint density at radius 1 is 1.55 bits per heavy atom. The average molecular weight is 279 g/mol. The predicted molar refractivity (Wildman–Crippen MR) is 73.4 cm³/mol. The van der Waals surface area contributed by atoms with E-state index in [0.717, 1.165) is 25.9 Å². The first-order valence-corrected chi connectivity index (χ1v) is 6.51. The Hall–Kier alpha value is -2.15. The largest absolute Gasteiger partial charge is 0.393 e. The van der Waals surface area contributed by atoms with E-state index in [1.54, 1.807) is 0 Å². The molecule has 3 N–H and O–H groups in total. The van der Waals surface area contributed by atoms with E-state index < -0.39 is 4.92 Å². The van der Waals surface area contributed by atoms with Crippen molar-refractivity contribution >= 4 is 17.3 Å². The molecule has 1 atom stereocenters. The number of amides is 1. The third-order valence-electron chi connectivity index (χ3n) is 3.26. The standard InChI is InChI=1S/C13H17N3O4/c14-11-8-9(3-4-12(11)16(18)19)13(17)15-6-5-10-2-1-7-20-10/h3-4,8,10H,1-2,5-7,14H2,(H,15,17). The molecular formula is C13H17N3O4. The fraction of sp³-hybridized carbons (Fsp3) is 0.462. The van der Waals surface area contributed by atoms with Crippen LogP contribution in [-0.4, -0.2) is 30.1 Å². The van der Waals surface area contributed by atoms with Gasteiger partial charge in [-0.15, -0.1) is 0 Å². The lowest BCUT2D eigenvalue weighted by Crippen LogP contribution is -2.27. The third-order valence-corrected chi connectivity index (χ3v) is 3.26. The Balaban J connectivity index is 1.88. The molecule has 1 aliphatic rings. The predicted octanol–water partition coefficient (Wildman–Crippen LogP) is 1.48. The Morgan fingerprint density at radius 2 is 2.35 bits per heavy atom. The fourth-order valence-corrected chi connectivity index (χ4v) is 2.18. The Bertz CT molecular complexity index is 512. The molecule has 0 aliphatic carbocycles. The summed E-state index contributed by atoms with van der Waals surface area (Å²) in [5.74, 6) is -0.287. The number of nitrogen functional groups attached to an aromatic ring is 1. The molecule has 0 saturated carbocycles. The van der Waals surface area contributed by atoms with Crippen LogP contribution in [-0.2, 0) is 4.74 Å². The van der Waals surface area contributed by atoms with Crippen LogP contribution in [0.15, 0.2) is 18.2 Å². The Labute approximate surface area is 116 Å². The van der Waals surface area contributed by atoms with Crippen LogP contribution in [0.5, 0.6) is 0 Å². The molecule has 2 rings (SSSR count). The van der Waals surface area contributed by atoms with Crippen LogP contribution >= 0.6 is 0 Å². The van der Waals surface area contributed by atoms with E-state index >= 15 is 0 Å². The number of carbonyl (C=O) groups is 1. The molecule has 7 nitrogen and oxygen atoms in total. The monoisotopic (exact) mass is 279 g/mol. The van der Waals surface area contributed by atoms with Gasteiger partial charge in [0.2, 0.25) is 0 Å². The molecule has 7 heteroatoms. The highest BCUT2D eigenvalue weighted by atomic mass is 16.6. The first kappa shape index (κ1) is 14.3. The van der Waals surface area contributed by atoms with Crippen molar-refractivity contribution in [3.05, 3.63) is 33.9 Å². The van der Waals surface area contributed by atoms with Crippen LogP contribution in [0.3, 0.4) is 0 Å². The summed E-state index contributed by atoms with van der Waals surface area (Å²) in [6, 6.07) is 3.96. The van der Waals surface area contributed by atoms with Gasteiger partial charge in [-0.1, -0.05) is 0 Å². The number of benzene rings is 1. The quantitative estimate of drug-likeness (QED) is 0.482. The number of hydrogen-bond donors (Lipinski definition) is 2. The molecule has 1 amide bonds. The molecule has 0 aromatic heterocycles. The van der Waals surface area contributed by atoms with E-state index in [2.05, 4.69) is 5.32 Å². The number of nitrogens with one attached hydrogen (secondary N) is 1. The number of ether oxygens (including phenoxy) is 1. The van der Waals surface area contributed by atoms with Gasteiger partial charge in [0, 0.05) is 24.8 Å². The average Bonchev–Trinajstić information content (AvgIpc) is 2.91. The summed E-state index contributed by atoms with van der Waals surface area (Å²) in [5, 5.41) is 13.4. The van der Waals surface area contributed by atoms with Crippen LogP contribution in [0, 0.1) is 10.1 Å². The number of carbonyl (C=O) groups excluding carboxylic acids is 1. The molecule has 20 heavy (non-hydrogen) atoms. The lowest BCUT2D eigenvalue weighted by molar-refractivity contribution is -0.383. The fourth-order valence-electron chi connectivity index (χ4n) is 2.18. The molecule has 1 aromatic carbocycles. The number of nitrogens with two attached hydrogens (primary N) is 1. The van der Waals surface area contributed by atoms with Crippen LogP contribution < -0.4 is 11.1 Å². The zero-order valence-corrected chi connectivity index (χ0v) is 11.0. The Morgan fingerprint density at radius 3 is 2.95 bits per heavy atom. The van der Waals surface area contributed by atoms with Gasteiger partial charge in [0.05, 0.1) is 11.0 Å². The number of nitro benzene ring substituents is 1. The summed E-state index contributed by atoms with van der Waals surface area (Å²) >= 11 is 0. The van der Waals surface area contributed by atoms with Crippen molar-refractivity contribution in [2.75, 3.05) is 18.9 Å². The van der Waals surface area contributed by atoms with Gasteiger partial charge in [0.25, 0.3) is 11.6 Å². The first-order chi connectivity index (χ1) is 9.58. The minimum atomic E-state index is -0.575.